The van der Waals surface area contributed by atoms with Crippen LogP contribution in [0.25, 0.3) is 0 Å². The first kappa shape index (κ1) is 20.3. The van der Waals surface area contributed by atoms with E-state index in [4.69, 9.17) is 12.2 Å². The molecule has 0 fully saturated rings. The monoisotopic (exact) mass is 363 g/mol. The molecule has 0 aromatic heterocycles. The van der Waals surface area contributed by atoms with Gasteiger partial charge in [0.15, 0.2) is 5.11 Å². The molecule has 134 valence electrons. The van der Waals surface area contributed by atoms with E-state index in [1.54, 1.807) is 31.2 Å². The summed E-state index contributed by atoms with van der Waals surface area (Å²) in [4.78, 5) is 35.0. The standard InChI is InChI=1S/C17H21N3O4S/c1-4-24-15(22)10-9-14(21)20-17(25)19-13-8-6-5-7-12(13)16(23)18-11(2)3/h5-11H,4H2,1-3H3,(H,18,23)(H2,19,20,21,25)/b10-9+. The highest BCUT2D eigenvalue weighted by molar-refractivity contribution is 7.80. The summed E-state index contributed by atoms with van der Waals surface area (Å²) in [6.45, 7) is 5.60. The van der Waals surface area contributed by atoms with Gasteiger partial charge in [-0.2, -0.15) is 0 Å². The van der Waals surface area contributed by atoms with Crippen LogP contribution in [0.15, 0.2) is 36.4 Å². The van der Waals surface area contributed by atoms with Crippen LogP contribution in [-0.2, 0) is 14.3 Å². The predicted octanol–water partition coefficient (Wildman–Crippen LogP) is 1.76. The van der Waals surface area contributed by atoms with Crippen molar-refractivity contribution in [2.75, 3.05) is 11.9 Å². The van der Waals surface area contributed by atoms with Gasteiger partial charge in [-0.3, -0.25) is 14.9 Å². The van der Waals surface area contributed by atoms with Crippen molar-refractivity contribution in [1.82, 2.24) is 10.6 Å². The third-order valence-corrected chi connectivity index (χ3v) is 2.94. The second-order valence-corrected chi connectivity index (χ2v) is 5.61. The molecule has 0 heterocycles. The molecule has 25 heavy (non-hydrogen) atoms. The first-order chi connectivity index (χ1) is 11.8. The molecule has 0 aliphatic rings. The summed E-state index contributed by atoms with van der Waals surface area (Å²) in [6.07, 6.45) is 2.02. The van der Waals surface area contributed by atoms with Crippen molar-refractivity contribution in [1.29, 1.82) is 0 Å². The SMILES string of the molecule is CCOC(=O)/C=C/C(=O)NC(=S)Nc1ccccc1C(=O)NC(C)C. The van der Waals surface area contributed by atoms with E-state index in [0.717, 1.165) is 12.2 Å². The van der Waals surface area contributed by atoms with Gasteiger partial charge in [0.1, 0.15) is 0 Å². The maximum atomic E-state index is 12.2. The number of para-hydroxylation sites is 1. The van der Waals surface area contributed by atoms with Crippen LogP contribution in [0, 0.1) is 0 Å². The average molecular weight is 363 g/mol. The number of amides is 2. The van der Waals surface area contributed by atoms with Crippen molar-refractivity contribution in [2.45, 2.75) is 26.8 Å². The van der Waals surface area contributed by atoms with Crippen molar-refractivity contribution >= 4 is 40.8 Å². The van der Waals surface area contributed by atoms with Crippen LogP contribution < -0.4 is 16.0 Å². The fourth-order valence-corrected chi connectivity index (χ4v) is 1.98. The van der Waals surface area contributed by atoms with Gasteiger partial charge in [-0.1, -0.05) is 12.1 Å². The average Bonchev–Trinajstić information content (AvgIpc) is 2.53. The van der Waals surface area contributed by atoms with Gasteiger partial charge in [0.05, 0.1) is 17.9 Å². The van der Waals surface area contributed by atoms with Gasteiger partial charge >= 0.3 is 5.97 Å². The van der Waals surface area contributed by atoms with E-state index in [1.807, 2.05) is 13.8 Å². The zero-order valence-electron chi connectivity index (χ0n) is 14.3. The number of benzene rings is 1. The van der Waals surface area contributed by atoms with E-state index < -0.39 is 11.9 Å². The number of esters is 1. The lowest BCUT2D eigenvalue weighted by Gasteiger charge is -2.14. The van der Waals surface area contributed by atoms with E-state index in [9.17, 15) is 14.4 Å². The Morgan fingerprint density at radius 2 is 1.88 bits per heavy atom. The Labute approximate surface area is 151 Å². The molecular weight excluding hydrogens is 342 g/mol. The van der Waals surface area contributed by atoms with Crippen LogP contribution in [0.4, 0.5) is 5.69 Å². The van der Waals surface area contributed by atoms with Gasteiger partial charge in [-0.15, -0.1) is 0 Å². The fourth-order valence-electron chi connectivity index (χ4n) is 1.77. The molecule has 0 atom stereocenters. The molecule has 1 aromatic carbocycles. The Morgan fingerprint density at radius 3 is 2.52 bits per heavy atom. The van der Waals surface area contributed by atoms with Gasteiger partial charge in [0.25, 0.3) is 5.91 Å². The Kier molecular flexibility index (Phi) is 8.28. The summed E-state index contributed by atoms with van der Waals surface area (Å²) in [5.41, 5.74) is 0.857. The molecule has 8 heteroatoms. The number of nitrogens with one attached hydrogen (secondary N) is 3. The number of anilines is 1. The molecule has 2 amide bonds. The molecule has 0 unspecified atom stereocenters. The molecule has 3 N–H and O–H groups in total. The van der Waals surface area contributed by atoms with E-state index >= 15 is 0 Å². The maximum absolute atomic E-state index is 12.2. The van der Waals surface area contributed by atoms with Crippen molar-refractivity contribution in [3.05, 3.63) is 42.0 Å². The molecule has 7 nitrogen and oxygen atoms in total. The summed E-state index contributed by atoms with van der Waals surface area (Å²) >= 11 is 5.05. The van der Waals surface area contributed by atoms with Crippen LogP contribution in [0.5, 0.6) is 0 Å². The largest absolute Gasteiger partial charge is 0.463 e. The fraction of sp³-hybridized carbons (Fsp3) is 0.294. The minimum Gasteiger partial charge on any atom is -0.463 e. The Hall–Kier alpha value is -2.74. The van der Waals surface area contributed by atoms with Crippen LogP contribution in [-0.4, -0.2) is 35.5 Å². The van der Waals surface area contributed by atoms with Crippen LogP contribution in [0.2, 0.25) is 0 Å². The number of ether oxygens (including phenoxy) is 1. The summed E-state index contributed by atoms with van der Waals surface area (Å²) in [7, 11) is 0. The van der Waals surface area contributed by atoms with Gasteiger partial charge in [0.2, 0.25) is 5.91 Å². The first-order valence-corrected chi connectivity index (χ1v) is 8.11. The number of carbonyl (C=O) groups excluding carboxylic acids is 3. The zero-order valence-corrected chi connectivity index (χ0v) is 15.1. The summed E-state index contributed by atoms with van der Waals surface area (Å²) in [5.74, 6) is -1.46. The Bertz CT molecular complexity index is 686. The quantitative estimate of drug-likeness (QED) is 0.405. The second kappa shape index (κ2) is 10.2. The molecule has 0 aliphatic heterocycles. The van der Waals surface area contributed by atoms with Gasteiger partial charge in [-0.25, -0.2) is 4.79 Å². The highest BCUT2D eigenvalue weighted by Gasteiger charge is 2.13. The lowest BCUT2D eigenvalue weighted by atomic mass is 10.1. The minimum atomic E-state index is -0.618. The lowest BCUT2D eigenvalue weighted by molar-refractivity contribution is -0.137. The van der Waals surface area contributed by atoms with Crippen LogP contribution >= 0.6 is 12.2 Å². The Balaban J connectivity index is 2.70. The van der Waals surface area contributed by atoms with E-state index in [1.165, 1.54) is 0 Å². The summed E-state index contributed by atoms with van der Waals surface area (Å²) < 4.78 is 4.67. The lowest BCUT2D eigenvalue weighted by Crippen LogP contribution is -2.35. The highest BCUT2D eigenvalue weighted by atomic mass is 32.1. The third-order valence-electron chi connectivity index (χ3n) is 2.73. The van der Waals surface area contributed by atoms with Gasteiger partial charge < -0.3 is 15.4 Å². The van der Waals surface area contributed by atoms with Crippen molar-refractivity contribution in [3.8, 4) is 0 Å². The van der Waals surface area contributed by atoms with Crippen molar-refractivity contribution < 1.29 is 19.1 Å². The number of rotatable bonds is 6. The van der Waals surface area contributed by atoms with E-state index in [0.29, 0.717) is 11.3 Å². The molecule has 1 aromatic rings. The normalized spacial score (nSPS) is 10.4. The number of carbonyl (C=O) groups is 3. The topological polar surface area (TPSA) is 96.5 Å². The molecule has 1 rings (SSSR count). The first-order valence-electron chi connectivity index (χ1n) is 7.70. The van der Waals surface area contributed by atoms with E-state index in [-0.39, 0.29) is 23.7 Å². The number of hydrogen-bond acceptors (Lipinski definition) is 5. The van der Waals surface area contributed by atoms with E-state index in [2.05, 4.69) is 20.7 Å². The second-order valence-electron chi connectivity index (χ2n) is 5.20. The Morgan fingerprint density at radius 1 is 1.20 bits per heavy atom. The van der Waals surface area contributed by atoms with Crippen LogP contribution in [0.3, 0.4) is 0 Å². The third kappa shape index (κ3) is 7.58. The van der Waals surface area contributed by atoms with Gasteiger partial charge in [0, 0.05) is 18.2 Å². The summed E-state index contributed by atoms with van der Waals surface area (Å²) in [5, 5.41) is 7.97. The maximum Gasteiger partial charge on any atom is 0.330 e. The van der Waals surface area contributed by atoms with Crippen molar-refractivity contribution in [3.63, 3.8) is 0 Å². The molecule has 0 bridgehead atoms. The van der Waals surface area contributed by atoms with Gasteiger partial charge in [-0.05, 0) is 45.1 Å². The molecule has 0 radical (unpaired) electrons. The molecule has 0 aliphatic carbocycles. The number of thiocarbonyl (C=S) groups is 1. The zero-order chi connectivity index (χ0) is 18.8. The predicted molar refractivity (Wildman–Crippen MR) is 99.2 cm³/mol. The smallest absolute Gasteiger partial charge is 0.330 e. The molecule has 0 spiro atoms. The minimum absolute atomic E-state index is 0.00306. The number of hydrogen-bond donors (Lipinski definition) is 3. The van der Waals surface area contributed by atoms with Crippen LogP contribution in [0.1, 0.15) is 31.1 Å². The summed E-state index contributed by atoms with van der Waals surface area (Å²) in [6, 6.07) is 6.76. The highest BCUT2D eigenvalue weighted by Crippen LogP contribution is 2.15. The molecule has 0 saturated heterocycles. The molecule has 0 saturated carbocycles. The van der Waals surface area contributed by atoms with Crippen molar-refractivity contribution in [2.24, 2.45) is 0 Å². The molecular formula is C17H21N3O4S.